The number of hydrogen-bond acceptors (Lipinski definition) is 6. The second-order valence-corrected chi connectivity index (χ2v) is 11.5. The van der Waals surface area contributed by atoms with Gasteiger partial charge in [-0.05, 0) is 54.8 Å². The number of rotatable bonds is 7. The lowest BCUT2D eigenvalue weighted by atomic mass is 9.52. The van der Waals surface area contributed by atoms with E-state index in [1.165, 1.54) is 12.1 Å². The Hall–Kier alpha value is -2.83. The van der Waals surface area contributed by atoms with E-state index in [0.29, 0.717) is 18.6 Å². The number of carbonyl (C=O) groups excluding carboxylic acids is 1. The van der Waals surface area contributed by atoms with Crippen molar-refractivity contribution in [2.75, 3.05) is 11.9 Å². The van der Waals surface area contributed by atoms with Gasteiger partial charge in [0.2, 0.25) is 0 Å². The van der Waals surface area contributed by atoms with Crippen LogP contribution in [0.2, 0.25) is 5.02 Å². The molecule has 2 bridgehead atoms. The molecule has 0 spiro atoms. The van der Waals surface area contributed by atoms with E-state index in [2.05, 4.69) is 15.3 Å². The molecule has 2 aromatic carbocycles. The van der Waals surface area contributed by atoms with Crippen molar-refractivity contribution < 1.29 is 36.6 Å². The van der Waals surface area contributed by atoms with Crippen LogP contribution in [-0.4, -0.2) is 48.0 Å². The van der Waals surface area contributed by atoms with Gasteiger partial charge in [0.1, 0.15) is 0 Å². The van der Waals surface area contributed by atoms with E-state index in [1.54, 1.807) is 0 Å². The fourth-order valence-corrected chi connectivity index (χ4v) is 7.53. The van der Waals surface area contributed by atoms with Gasteiger partial charge in [-0.2, -0.15) is 0 Å². The first-order valence-electron chi connectivity index (χ1n) is 10.8. The molecule has 2 aromatic rings. The number of sulfone groups is 1. The molecule has 3 atom stereocenters. The van der Waals surface area contributed by atoms with E-state index in [9.17, 15) is 36.6 Å². The summed E-state index contributed by atoms with van der Waals surface area (Å²) in [6.45, 7) is -0.345. The average Bonchev–Trinajstić information content (AvgIpc) is 2.85. The lowest BCUT2D eigenvalue weighted by Crippen LogP contribution is -2.68. The lowest BCUT2D eigenvalue weighted by molar-refractivity contribution is -0.228. The Morgan fingerprint density at radius 2 is 1.81 bits per heavy atom. The van der Waals surface area contributed by atoms with Crippen molar-refractivity contribution in [2.45, 2.75) is 41.1 Å². The van der Waals surface area contributed by atoms with Crippen LogP contribution in [0, 0.1) is 29.3 Å². The topological polar surface area (TPSA) is 152 Å². The molecule has 3 aliphatic carbocycles. The Kier molecular flexibility index (Phi) is 6.97. The fourth-order valence-electron chi connectivity index (χ4n) is 5.13. The quantitative estimate of drug-likeness (QED) is 0.208. The normalized spacial score (nSPS) is 25.9. The van der Waals surface area contributed by atoms with Gasteiger partial charge in [0.05, 0.1) is 33.4 Å². The number of carbonyl (C=O) groups is 1. The van der Waals surface area contributed by atoms with E-state index in [0.717, 1.165) is 6.07 Å². The third kappa shape index (κ3) is 4.41. The van der Waals surface area contributed by atoms with Gasteiger partial charge >= 0.3 is 0 Å². The van der Waals surface area contributed by atoms with Gasteiger partial charge in [0, 0.05) is 28.3 Å². The van der Waals surface area contributed by atoms with Gasteiger partial charge in [-0.15, -0.1) is 0 Å². The van der Waals surface area contributed by atoms with Crippen LogP contribution in [-0.2, 0) is 9.84 Å². The second kappa shape index (κ2) is 9.56. The molecule has 36 heavy (non-hydrogen) atoms. The third-order valence-electron chi connectivity index (χ3n) is 7.00. The molecule has 0 radical (unpaired) electrons. The molecule has 0 heterocycles. The molecule has 3 unspecified atom stereocenters. The van der Waals surface area contributed by atoms with Crippen molar-refractivity contribution in [1.29, 1.82) is 0 Å². The van der Waals surface area contributed by atoms with Crippen molar-refractivity contribution in [3.63, 3.8) is 0 Å². The van der Waals surface area contributed by atoms with Gasteiger partial charge in [0.25, 0.3) is 5.91 Å². The smallest absolute Gasteiger partial charge is 0.255 e. The first kappa shape index (κ1) is 26.2. The number of amides is 1. The molecule has 0 saturated heterocycles. The number of nitrogens with one attached hydrogen (secondary N) is 1. The van der Waals surface area contributed by atoms with E-state index in [4.69, 9.17) is 17.1 Å². The molecular formula is C22H20ClF3N4O5S. The van der Waals surface area contributed by atoms with Crippen molar-refractivity contribution in [2.24, 2.45) is 17.0 Å². The number of benzene rings is 2. The Bertz CT molecular complexity index is 1350. The predicted octanol–water partition coefficient (Wildman–Crippen LogP) is 3.98. The van der Waals surface area contributed by atoms with Gasteiger partial charge in [-0.1, -0.05) is 16.7 Å². The van der Waals surface area contributed by atoms with Crippen molar-refractivity contribution >= 4 is 33.0 Å². The van der Waals surface area contributed by atoms with Crippen molar-refractivity contribution in [3.05, 3.63) is 68.8 Å². The summed E-state index contributed by atoms with van der Waals surface area (Å²) in [6.07, 6.45) is -0.804. The number of aliphatic hydroxyl groups is 2. The minimum absolute atomic E-state index is 0.0174. The molecule has 9 nitrogen and oxygen atoms in total. The summed E-state index contributed by atoms with van der Waals surface area (Å²) in [5.41, 5.74) is 6.34. The van der Waals surface area contributed by atoms with E-state index in [1.807, 2.05) is 0 Å². The van der Waals surface area contributed by atoms with Crippen molar-refractivity contribution in [1.82, 2.24) is 0 Å². The summed E-state index contributed by atoms with van der Waals surface area (Å²) in [4.78, 5) is 14.8. The number of nitrogens with zero attached hydrogens (tertiary/aromatic N) is 3. The highest BCUT2D eigenvalue weighted by Gasteiger charge is 2.62. The molecule has 3 fully saturated rings. The Morgan fingerprint density at radius 3 is 2.39 bits per heavy atom. The molecule has 0 aliphatic heterocycles. The first-order chi connectivity index (χ1) is 16.9. The zero-order valence-electron chi connectivity index (χ0n) is 18.4. The van der Waals surface area contributed by atoms with Crippen LogP contribution >= 0.6 is 11.6 Å². The van der Waals surface area contributed by atoms with E-state index < -0.39 is 62.0 Å². The third-order valence-corrected chi connectivity index (χ3v) is 9.66. The summed E-state index contributed by atoms with van der Waals surface area (Å²) in [6, 6.07) is 4.60. The van der Waals surface area contributed by atoms with E-state index >= 15 is 0 Å². The number of azide groups is 1. The monoisotopic (exact) mass is 544 g/mol. The van der Waals surface area contributed by atoms with Crippen LogP contribution in [0.5, 0.6) is 0 Å². The molecule has 192 valence electrons. The number of fused-ring (bicyclic) bond motifs is 2. The zero-order valence-corrected chi connectivity index (χ0v) is 20.0. The SMILES string of the molecule is [N-]=[N+]=NCC(O)[C@]1(O)C2CC1C[C@@H](S(=O)(=O)c1cc(C(=O)Nc3cc(F)c(F)c(F)c3)ccc1Cl)C2. The fraction of sp³-hybridized carbons (Fsp3) is 0.409. The maximum Gasteiger partial charge on any atom is 0.255 e. The number of aliphatic hydroxyl groups excluding tert-OH is 1. The molecule has 3 saturated carbocycles. The highest BCUT2D eigenvalue weighted by molar-refractivity contribution is 7.92. The number of hydrogen-bond donors (Lipinski definition) is 3. The standard InChI is InChI=1S/C22H20ClF3N4O5S/c23-15-2-1-10(21(32)29-13-7-16(24)20(26)17(25)8-13)3-18(15)36(34,35)14-5-11-4-12(6-14)22(11,33)19(31)9-28-30-27/h1-3,7-8,11-12,14,19,31,33H,4-6,9H2,(H,29,32)/t11?,12?,14-,19?,22-. The lowest BCUT2D eigenvalue weighted by Gasteiger charge is -2.60. The Labute approximate surface area is 208 Å². The van der Waals surface area contributed by atoms with Crippen LogP contribution < -0.4 is 5.32 Å². The Morgan fingerprint density at radius 1 is 1.19 bits per heavy atom. The van der Waals surface area contributed by atoms with Crippen LogP contribution in [0.3, 0.4) is 0 Å². The van der Waals surface area contributed by atoms with Crippen LogP contribution in [0.15, 0.2) is 40.3 Å². The minimum Gasteiger partial charge on any atom is -0.390 e. The molecule has 3 aliphatic rings. The average molecular weight is 545 g/mol. The zero-order chi connectivity index (χ0) is 26.4. The summed E-state index contributed by atoms with van der Waals surface area (Å²) in [7, 11) is -4.09. The molecule has 3 N–H and O–H groups in total. The summed E-state index contributed by atoms with van der Waals surface area (Å²) in [5.74, 6) is -6.72. The largest absolute Gasteiger partial charge is 0.390 e. The van der Waals surface area contributed by atoms with Gasteiger partial charge in [-0.25, -0.2) is 21.6 Å². The van der Waals surface area contributed by atoms with Crippen molar-refractivity contribution in [3.8, 4) is 0 Å². The van der Waals surface area contributed by atoms with Crippen LogP contribution in [0.1, 0.15) is 29.6 Å². The maximum absolute atomic E-state index is 13.5. The summed E-state index contributed by atoms with van der Waals surface area (Å²) < 4.78 is 66.9. The summed E-state index contributed by atoms with van der Waals surface area (Å²) in [5, 5.41) is 25.6. The molecule has 5 rings (SSSR count). The number of anilines is 1. The van der Waals surface area contributed by atoms with Gasteiger partial charge in [-0.3, -0.25) is 4.79 Å². The van der Waals surface area contributed by atoms with E-state index in [-0.39, 0.29) is 40.6 Å². The minimum atomic E-state index is -4.09. The molecular weight excluding hydrogens is 525 g/mol. The van der Waals surface area contributed by atoms with Crippen LogP contribution in [0.4, 0.5) is 18.9 Å². The molecule has 1 amide bonds. The molecule has 14 heteroatoms. The van der Waals surface area contributed by atoms with Gasteiger partial charge in [0.15, 0.2) is 27.3 Å². The maximum atomic E-state index is 13.5. The predicted molar refractivity (Wildman–Crippen MR) is 122 cm³/mol. The second-order valence-electron chi connectivity index (χ2n) is 8.94. The highest BCUT2D eigenvalue weighted by atomic mass is 35.5. The molecule has 0 aromatic heterocycles. The number of halogens is 4. The van der Waals surface area contributed by atoms with Gasteiger partial charge < -0.3 is 15.5 Å². The Balaban J connectivity index is 1.55. The highest BCUT2D eigenvalue weighted by Crippen LogP contribution is 2.57. The first-order valence-corrected chi connectivity index (χ1v) is 12.7. The van der Waals surface area contributed by atoms with Crippen LogP contribution in [0.25, 0.3) is 10.4 Å². The summed E-state index contributed by atoms with van der Waals surface area (Å²) >= 11 is 6.15.